The number of hydrogen-bond acceptors (Lipinski definition) is 4. The van der Waals surface area contributed by atoms with Gasteiger partial charge in [-0.2, -0.15) is 11.3 Å². The highest BCUT2D eigenvalue weighted by Crippen LogP contribution is 2.31. The highest BCUT2D eigenvalue weighted by molar-refractivity contribution is 7.08. The van der Waals surface area contributed by atoms with Gasteiger partial charge in [-0.1, -0.05) is 0 Å². The van der Waals surface area contributed by atoms with Crippen molar-refractivity contribution in [1.29, 1.82) is 0 Å². The summed E-state index contributed by atoms with van der Waals surface area (Å²) in [5.74, 6) is 0.887. The van der Waals surface area contributed by atoms with Gasteiger partial charge >= 0.3 is 0 Å². The number of nitrogens with two attached hydrogens (primary N) is 1. The Balaban J connectivity index is 0.00000144. The normalized spacial score (nSPS) is 11.6. The zero-order valence-electron chi connectivity index (χ0n) is 9.29. The number of phenols is 1. The van der Waals surface area contributed by atoms with Gasteiger partial charge in [0.2, 0.25) is 0 Å². The van der Waals surface area contributed by atoms with Crippen molar-refractivity contribution in [2.75, 3.05) is 7.11 Å². The third kappa shape index (κ3) is 2.91. The lowest BCUT2D eigenvalue weighted by atomic mass is 10.0. The van der Waals surface area contributed by atoms with Crippen LogP contribution < -0.4 is 10.5 Å². The molecule has 3 nitrogen and oxygen atoms in total. The second-order valence-electron chi connectivity index (χ2n) is 3.46. The molecule has 0 unspecified atom stereocenters. The van der Waals surface area contributed by atoms with E-state index in [1.54, 1.807) is 36.6 Å². The SMILES string of the molecule is COc1ccc(O)c([C@H](N)c2ccsc2)c1.Cl. The molecule has 0 saturated carbocycles. The maximum atomic E-state index is 9.77. The molecule has 1 aromatic heterocycles. The van der Waals surface area contributed by atoms with E-state index in [-0.39, 0.29) is 24.2 Å². The summed E-state index contributed by atoms with van der Waals surface area (Å²) in [7, 11) is 1.59. The lowest BCUT2D eigenvalue weighted by molar-refractivity contribution is 0.410. The molecule has 0 radical (unpaired) electrons. The lowest BCUT2D eigenvalue weighted by Gasteiger charge is -2.13. The molecule has 1 aromatic carbocycles. The number of thiophene rings is 1. The minimum Gasteiger partial charge on any atom is -0.508 e. The molecular weight excluding hydrogens is 258 g/mol. The van der Waals surface area contributed by atoms with Crippen LogP contribution in [0.4, 0.5) is 0 Å². The molecule has 5 heteroatoms. The number of hydrogen-bond donors (Lipinski definition) is 2. The minimum atomic E-state index is -0.318. The molecule has 0 bridgehead atoms. The van der Waals surface area contributed by atoms with E-state index in [1.807, 2.05) is 16.8 Å². The molecule has 2 aromatic rings. The van der Waals surface area contributed by atoms with Crippen LogP contribution >= 0.6 is 23.7 Å². The highest BCUT2D eigenvalue weighted by atomic mass is 35.5. The molecule has 1 heterocycles. The summed E-state index contributed by atoms with van der Waals surface area (Å²) in [6.45, 7) is 0. The Morgan fingerprint density at radius 1 is 1.35 bits per heavy atom. The van der Waals surface area contributed by atoms with Crippen molar-refractivity contribution >= 4 is 23.7 Å². The third-order valence-corrected chi connectivity index (χ3v) is 3.17. The van der Waals surface area contributed by atoms with Crippen LogP contribution in [-0.4, -0.2) is 12.2 Å². The van der Waals surface area contributed by atoms with Crippen molar-refractivity contribution in [1.82, 2.24) is 0 Å². The summed E-state index contributed by atoms with van der Waals surface area (Å²) < 4.78 is 5.11. The summed E-state index contributed by atoms with van der Waals surface area (Å²) in [6.07, 6.45) is 0. The van der Waals surface area contributed by atoms with Crippen LogP contribution in [0.25, 0.3) is 0 Å². The van der Waals surface area contributed by atoms with Crippen molar-refractivity contribution in [3.63, 3.8) is 0 Å². The van der Waals surface area contributed by atoms with Crippen LogP contribution in [0.2, 0.25) is 0 Å². The molecule has 2 rings (SSSR count). The summed E-state index contributed by atoms with van der Waals surface area (Å²) >= 11 is 1.59. The number of benzene rings is 1. The number of phenolic OH excluding ortho intramolecular Hbond substituents is 1. The first-order chi connectivity index (χ1) is 7.72. The van der Waals surface area contributed by atoms with Crippen molar-refractivity contribution in [2.45, 2.75) is 6.04 Å². The van der Waals surface area contributed by atoms with E-state index >= 15 is 0 Å². The van der Waals surface area contributed by atoms with Crippen LogP contribution in [0.5, 0.6) is 11.5 Å². The Kier molecular flexibility index (Phi) is 4.81. The Bertz CT molecular complexity index is 473. The first-order valence-electron chi connectivity index (χ1n) is 4.87. The number of aromatic hydroxyl groups is 1. The first kappa shape index (κ1) is 13.8. The maximum absolute atomic E-state index is 9.77. The van der Waals surface area contributed by atoms with E-state index in [9.17, 15) is 5.11 Å². The molecule has 0 aliphatic rings. The van der Waals surface area contributed by atoms with Gasteiger partial charge in [0, 0.05) is 5.56 Å². The molecule has 3 N–H and O–H groups in total. The average Bonchev–Trinajstić information content (AvgIpc) is 2.82. The zero-order valence-corrected chi connectivity index (χ0v) is 10.9. The van der Waals surface area contributed by atoms with Crippen LogP contribution in [-0.2, 0) is 0 Å². The molecule has 0 saturated heterocycles. The van der Waals surface area contributed by atoms with Crippen molar-refractivity contribution in [2.24, 2.45) is 5.73 Å². The summed E-state index contributed by atoms with van der Waals surface area (Å²) in [6, 6.07) is 6.70. The van der Waals surface area contributed by atoms with Gasteiger partial charge in [0.1, 0.15) is 11.5 Å². The largest absolute Gasteiger partial charge is 0.508 e. The van der Waals surface area contributed by atoms with E-state index in [0.29, 0.717) is 11.3 Å². The molecule has 1 atom stereocenters. The highest BCUT2D eigenvalue weighted by Gasteiger charge is 2.14. The second kappa shape index (κ2) is 5.91. The molecule has 92 valence electrons. The van der Waals surface area contributed by atoms with E-state index in [1.165, 1.54) is 0 Å². The van der Waals surface area contributed by atoms with Gasteiger partial charge in [0.15, 0.2) is 0 Å². The second-order valence-corrected chi connectivity index (χ2v) is 4.24. The van der Waals surface area contributed by atoms with Gasteiger partial charge in [-0.15, -0.1) is 12.4 Å². The van der Waals surface area contributed by atoms with E-state index in [0.717, 1.165) is 5.56 Å². The Hall–Kier alpha value is -1.23. The fourth-order valence-corrected chi connectivity index (χ4v) is 2.24. The fraction of sp³-hybridized carbons (Fsp3) is 0.167. The van der Waals surface area contributed by atoms with E-state index in [4.69, 9.17) is 10.5 Å². The average molecular weight is 272 g/mol. The molecule has 0 aliphatic carbocycles. The molecule has 0 fully saturated rings. The van der Waals surface area contributed by atoms with Crippen molar-refractivity contribution in [3.8, 4) is 11.5 Å². The van der Waals surface area contributed by atoms with Crippen LogP contribution in [0, 0.1) is 0 Å². The fourth-order valence-electron chi connectivity index (χ4n) is 1.54. The smallest absolute Gasteiger partial charge is 0.120 e. The zero-order chi connectivity index (χ0) is 11.5. The van der Waals surface area contributed by atoms with Gasteiger partial charge in [-0.25, -0.2) is 0 Å². The minimum absolute atomic E-state index is 0. The molecule has 0 amide bonds. The first-order valence-corrected chi connectivity index (χ1v) is 5.81. The van der Waals surface area contributed by atoms with Gasteiger partial charge in [-0.05, 0) is 40.6 Å². The van der Waals surface area contributed by atoms with Gasteiger partial charge in [0.05, 0.1) is 13.2 Å². The molecule has 0 spiro atoms. The summed E-state index contributed by atoms with van der Waals surface area (Å²) in [5, 5.41) is 13.7. The lowest BCUT2D eigenvalue weighted by Crippen LogP contribution is -2.11. The number of rotatable bonds is 3. The monoisotopic (exact) mass is 271 g/mol. The standard InChI is InChI=1S/C12H13NO2S.ClH/c1-15-9-2-3-11(14)10(6-9)12(13)8-4-5-16-7-8;/h2-7,12,14H,13H2,1H3;1H/t12-;/m1./s1. The number of ether oxygens (including phenoxy) is 1. The van der Waals surface area contributed by atoms with Crippen molar-refractivity contribution < 1.29 is 9.84 Å². The third-order valence-electron chi connectivity index (χ3n) is 2.47. The summed E-state index contributed by atoms with van der Waals surface area (Å²) in [5.41, 5.74) is 7.75. The van der Waals surface area contributed by atoms with Gasteiger partial charge in [-0.3, -0.25) is 0 Å². The van der Waals surface area contributed by atoms with Crippen LogP contribution in [0.3, 0.4) is 0 Å². The quantitative estimate of drug-likeness (QED) is 0.902. The summed E-state index contributed by atoms with van der Waals surface area (Å²) in [4.78, 5) is 0. The van der Waals surface area contributed by atoms with Gasteiger partial charge < -0.3 is 15.6 Å². The Labute approximate surface area is 110 Å². The predicted octanol–water partition coefficient (Wildman–Crippen LogP) is 2.93. The predicted molar refractivity (Wildman–Crippen MR) is 72.3 cm³/mol. The molecule has 17 heavy (non-hydrogen) atoms. The van der Waals surface area contributed by atoms with Crippen molar-refractivity contribution in [3.05, 3.63) is 46.2 Å². The molecular formula is C12H14ClNO2S. The topological polar surface area (TPSA) is 55.5 Å². The van der Waals surface area contributed by atoms with E-state index in [2.05, 4.69) is 0 Å². The maximum Gasteiger partial charge on any atom is 0.120 e. The molecule has 0 aliphatic heterocycles. The van der Waals surface area contributed by atoms with Crippen LogP contribution in [0.1, 0.15) is 17.2 Å². The number of methoxy groups -OCH3 is 1. The Morgan fingerprint density at radius 2 is 2.12 bits per heavy atom. The van der Waals surface area contributed by atoms with E-state index < -0.39 is 0 Å². The Morgan fingerprint density at radius 3 is 2.71 bits per heavy atom. The van der Waals surface area contributed by atoms with Crippen LogP contribution in [0.15, 0.2) is 35.0 Å². The van der Waals surface area contributed by atoms with Gasteiger partial charge in [0.25, 0.3) is 0 Å². The number of halogens is 1.